The van der Waals surface area contributed by atoms with Crippen LogP contribution in [0.2, 0.25) is 0 Å². The van der Waals surface area contributed by atoms with E-state index in [9.17, 15) is 0 Å². The zero-order valence-electron chi connectivity index (χ0n) is 14.9. The molecule has 4 rings (SSSR count). The molecule has 27 heavy (non-hydrogen) atoms. The predicted molar refractivity (Wildman–Crippen MR) is 105 cm³/mol. The molecule has 2 aromatic heterocycles. The van der Waals surface area contributed by atoms with Crippen molar-refractivity contribution in [3.05, 3.63) is 66.1 Å². The van der Waals surface area contributed by atoms with Crippen LogP contribution in [0.15, 0.2) is 55.0 Å². The third-order valence-electron chi connectivity index (χ3n) is 4.63. The van der Waals surface area contributed by atoms with Gasteiger partial charge in [0.05, 0.1) is 23.9 Å². The Morgan fingerprint density at radius 2 is 2.11 bits per heavy atom. The number of H-pyrrole nitrogens is 1. The Hall–Kier alpha value is -3.30. The monoisotopic (exact) mass is 359 g/mol. The number of hydrogen-bond acceptors (Lipinski definition) is 5. The van der Waals surface area contributed by atoms with E-state index in [2.05, 4.69) is 32.7 Å². The van der Waals surface area contributed by atoms with Crippen LogP contribution in [0.5, 0.6) is 5.88 Å². The standard InChI is InChI=1S/C21H21N5O/c22-10-16-3-1-15(2-4-16)5-7-24-13-19-14-25-20-9-18(12-26-21(20)27-19)17-6-8-23-11-17/h1-4,6,8-9,11-12,19,23-25H,5,7,13-14H2. The molecule has 6 heteroatoms. The van der Waals surface area contributed by atoms with E-state index in [1.165, 1.54) is 5.56 Å². The average molecular weight is 359 g/mol. The number of benzene rings is 1. The normalized spacial score (nSPS) is 15.3. The molecule has 3 aromatic rings. The minimum atomic E-state index is 0.0454. The Labute approximate surface area is 158 Å². The first-order chi connectivity index (χ1) is 13.3. The van der Waals surface area contributed by atoms with Crippen LogP contribution in [0.4, 0.5) is 5.69 Å². The molecule has 136 valence electrons. The highest BCUT2D eigenvalue weighted by atomic mass is 16.5. The largest absolute Gasteiger partial charge is 0.470 e. The van der Waals surface area contributed by atoms with Gasteiger partial charge in [0.25, 0.3) is 0 Å². The van der Waals surface area contributed by atoms with Crippen molar-refractivity contribution in [2.75, 3.05) is 25.0 Å². The van der Waals surface area contributed by atoms with Crippen LogP contribution >= 0.6 is 0 Å². The summed E-state index contributed by atoms with van der Waals surface area (Å²) in [5.74, 6) is 0.652. The van der Waals surface area contributed by atoms with Crippen molar-refractivity contribution in [3.63, 3.8) is 0 Å². The molecule has 0 spiro atoms. The minimum Gasteiger partial charge on any atom is -0.470 e. The Morgan fingerprint density at radius 3 is 2.89 bits per heavy atom. The first-order valence-corrected chi connectivity index (χ1v) is 9.05. The number of anilines is 1. The van der Waals surface area contributed by atoms with Gasteiger partial charge in [0.15, 0.2) is 0 Å². The number of nitriles is 1. The molecule has 0 amide bonds. The first kappa shape index (κ1) is 17.1. The van der Waals surface area contributed by atoms with Gasteiger partial charge in [-0.15, -0.1) is 0 Å². The SMILES string of the molecule is N#Cc1ccc(CCNCC2CNc3cc(-c4cc[nH]c4)cnc3O2)cc1. The summed E-state index contributed by atoms with van der Waals surface area (Å²) in [6, 6.07) is 13.9. The Morgan fingerprint density at radius 1 is 1.22 bits per heavy atom. The molecule has 1 atom stereocenters. The molecule has 0 saturated carbocycles. The van der Waals surface area contributed by atoms with Gasteiger partial charge in [0.1, 0.15) is 6.10 Å². The molecule has 6 nitrogen and oxygen atoms in total. The lowest BCUT2D eigenvalue weighted by Gasteiger charge is -2.27. The van der Waals surface area contributed by atoms with Gasteiger partial charge in [-0.05, 0) is 42.8 Å². The quantitative estimate of drug-likeness (QED) is 0.589. The Kier molecular flexibility index (Phi) is 5.04. The number of pyridine rings is 1. The first-order valence-electron chi connectivity index (χ1n) is 9.05. The number of rotatable bonds is 6. The molecule has 3 N–H and O–H groups in total. The van der Waals surface area contributed by atoms with Crippen LogP contribution in [0.1, 0.15) is 11.1 Å². The van der Waals surface area contributed by atoms with Crippen molar-refractivity contribution >= 4 is 5.69 Å². The third kappa shape index (κ3) is 4.10. The van der Waals surface area contributed by atoms with Crippen molar-refractivity contribution in [1.29, 1.82) is 5.26 Å². The number of fused-ring (bicyclic) bond motifs is 1. The Bertz CT molecular complexity index is 928. The molecule has 3 heterocycles. The number of aromatic nitrogens is 2. The van der Waals surface area contributed by atoms with Gasteiger partial charge < -0.3 is 20.4 Å². The minimum absolute atomic E-state index is 0.0454. The van der Waals surface area contributed by atoms with Crippen molar-refractivity contribution in [3.8, 4) is 23.1 Å². The maximum atomic E-state index is 8.83. The summed E-state index contributed by atoms with van der Waals surface area (Å²) in [5, 5.41) is 15.7. The fourth-order valence-electron chi connectivity index (χ4n) is 3.11. The van der Waals surface area contributed by atoms with Crippen molar-refractivity contribution in [2.24, 2.45) is 0 Å². The molecule has 0 saturated heterocycles. The summed E-state index contributed by atoms with van der Waals surface area (Å²) in [7, 11) is 0. The van der Waals surface area contributed by atoms with Crippen molar-refractivity contribution < 1.29 is 4.74 Å². The summed E-state index contributed by atoms with van der Waals surface area (Å²) < 4.78 is 6.01. The van der Waals surface area contributed by atoms with Crippen LogP contribution in [0.25, 0.3) is 11.1 Å². The molecule has 1 unspecified atom stereocenters. The van der Waals surface area contributed by atoms with Crippen LogP contribution in [0.3, 0.4) is 0 Å². The molecule has 0 bridgehead atoms. The molecule has 1 aliphatic heterocycles. The van der Waals surface area contributed by atoms with E-state index in [4.69, 9.17) is 10.00 Å². The molecule has 0 radical (unpaired) electrons. The lowest BCUT2D eigenvalue weighted by Crippen LogP contribution is -2.40. The summed E-state index contributed by atoms with van der Waals surface area (Å²) in [4.78, 5) is 7.52. The summed E-state index contributed by atoms with van der Waals surface area (Å²) in [5.41, 5.74) is 5.01. The molecule has 1 aliphatic rings. The number of nitrogens with one attached hydrogen (secondary N) is 3. The van der Waals surface area contributed by atoms with Gasteiger partial charge in [0, 0.05) is 36.3 Å². The van der Waals surface area contributed by atoms with Crippen LogP contribution in [-0.2, 0) is 6.42 Å². The summed E-state index contributed by atoms with van der Waals surface area (Å²) >= 11 is 0. The predicted octanol–water partition coefficient (Wildman–Crippen LogP) is 2.95. The van der Waals surface area contributed by atoms with E-state index in [1.54, 1.807) is 0 Å². The van der Waals surface area contributed by atoms with E-state index in [0.29, 0.717) is 11.4 Å². The fraction of sp³-hybridized carbons (Fsp3) is 0.238. The van der Waals surface area contributed by atoms with Crippen molar-refractivity contribution in [2.45, 2.75) is 12.5 Å². The number of hydrogen-bond donors (Lipinski definition) is 3. The lowest BCUT2D eigenvalue weighted by molar-refractivity contribution is 0.194. The van der Waals surface area contributed by atoms with Crippen molar-refractivity contribution in [1.82, 2.24) is 15.3 Å². The lowest BCUT2D eigenvalue weighted by atomic mass is 10.1. The highest BCUT2D eigenvalue weighted by molar-refractivity contribution is 5.69. The van der Waals surface area contributed by atoms with E-state index < -0.39 is 0 Å². The molecule has 1 aromatic carbocycles. The molecular formula is C21H21N5O. The van der Waals surface area contributed by atoms with E-state index in [0.717, 1.165) is 42.9 Å². The number of aromatic amines is 1. The number of nitrogens with zero attached hydrogens (tertiary/aromatic N) is 2. The van der Waals surface area contributed by atoms with E-state index >= 15 is 0 Å². The van der Waals surface area contributed by atoms with Gasteiger partial charge in [-0.2, -0.15) is 5.26 Å². The number of ether oxygens (including phenoxy) is 1. The zero-order valence-corrected chi connectivity index (χ0v) is 14.9. The maximum absolute atomic E-state index is 8.83. The molecule has 0 fully saturated rings. The maximum Gasteiger partial charge on any atom is 0.237 e. The van der Waals surface area contributed by atoms with Crippen LogP contribution < -0.4 is 15.4 Å². The van der Waals surface area contributed by atoms with Gasteiger partial charge in [-0.25, -0.2) is 4.98 Å². The second-order valence-electron chi connectivity index (χ2n) is 6.56. The molecular weight excluding hydrogens is 338 g/mol. The van der Waals surface area contributed by atoms with E-state index in [-0.39, 0.29) is 6.10 Å². The third-order valence-corrected chi connectivity index (χ3v) is 4.63. The van der Waals surface area contributed by atoms with E-state index in [1.807, 2.05) is 48.9 Å². The average Bonchev–Trinajstić information content (AvgIpc) is 3.26. The highest BCUT2D eigenvalue weighted by Crippen LogP contribution is 2.30. The van der Waals surface area contributed by atoms with Gasteiger partial charge in [0.2, 0.25) is 5.88 Å². The smallest absolute Gasteiger partial charge is 0.237 e. The second-order valence-corrected chi connectivity index (χ2v) is 6.56. The fourth-order valence-corrected chi connectivity index (χ4v) is 3.11. The Balaban J connectivity index is 1.26. The zero-order chi connectivity index (χ0) is 18.5. The van der Waals surface area contributed by atoms with Gasteiger partial charge in [-0.3, -0.25) is 0 Å². The second kappa shape index (κ2) is 7.94. The summed E-state index contributed by atoms with van der Waals surface area (Å²) in [6.07, 6.45) is 6.65. The van der Waals surface area contributed by atoms with Crippen LogP contribution in [0, 0.1) is 11.3 Å². The molecule has 0 aliphatic carbocycles. The van der Waals surface area contributed by atoms with Gasteiger partial charge >= 0.3 is 0 Å². The highest BCUT2D eigenvalue weighted by Gasteiger charge is 2.20. The van der Waals surface area contributed by atoms with Crippen LogP contribution in [-0.4, -0.2) is 35.7 Å². The van der Waals surface area contributed by atoms with Gasteiger partial charge in [-0.1, -0.05) is 12.1 Å². The topological polar surface area (TPSA) is 85.8 Å². The summed E-state index contributed by atoms with van der Waals surface area (Å²) in [6.45, 7) is 2.36.